The molecule has 3 aromatic rings. The van der Waals surface area contributed by atoms with Crippen molar-refractivity contribution in [1.29, 1.82) is 0 Å². The Morgan fingerprint density at radius 3 is 2.31 bits per heavy atom. The Hall–Kier alpha value is -3.05. The molecule has 29 heavy (non-hydrogen) atoms. The van der Waals surface area contributed by atoms with Gasteiger partial charge in [0, 0.05) is 23.5 Å². The van der Waals surface area contributed by atoms with Crippen LogP contribution in [0.15, 0.2) is 89.8 Å². The molecule has 2 amide bonds. The van der Waals surface area contributed by atoms with Gasteiger partial charge in [0.25, 0.3) is 0 Å². The highest BCUT2D eigenvalue weighted by atomic mass is 32.2. The Bertz CT molecular complexity index is 992. The summed E-state index contributed by atoms with van der Waals surface area (Å²) in [6.45, 7) is 0.886. The van der Waals surface area contributed by atoms with Gasteiger partial charge in [-0.1, -0.05) is 60.7 Å². The van der Waals surface area contributed by atoms with E-state index in [-0.39, 0.29) is 18.2 Å². The van der Waals surface area contributed by atoms with Gasteiger partial charge in [-0.15, -0.1) is 11.8 Å². The van der Waals surface area contributed by atoms with Crippen LogP contribution in [0, 0.1) is 0 Å². The fourth-order valence-corrected chi connectivity index (χ4v) is 4.37. The van der Waals surface area contributed by atoms with Crippen molar-refractivity contribution >= 4 is 35.0 Å². The molecule has 0 aliphatic carbocycles. The second-order valence-corrected chi connectivity index (χ2v) is 7.87. The number of fused-ring (bicyclic) bond motifs is 1. The second-order valence-electron chi connectivity index (χ2n) is 6.85. The summed E-state index contributed by atoms with van der Waals surface area (Å²) >= 11 is 1.55. The summed E-state index contributed by atoms with van der Waals surface area (Å²) in [7, 11) is 0. The normalized spacial score (nSPS) is 13.1. The number of anilines is 2. The lowest BCUT2D eigenvalue weighted by Gasteiger charge is -2.30. The fourth-order valence-electron chi connectivity index (χ4n) is 3.44. The van der Waals surface area contributed by atoms with Crippen molar-refractivity contribution in [2.24, 2.45) is 0 Å². The molecule has 0 spiro atoms. The summed E-state index contributed by atoms with van der Waals surface area (Å²) in [5.74, 6) is 0.469. The summed E-state index contributed by atoms with van der Waals surface area (Å²) in [6, 6.07) is 27.5. The Morgan fingerprint density at radius 1 is 0.897 bits per heavy atom. The first-order chi connectivity index (χ1) is 14.2. The van der Waals surface area contributed by atoms with Crippen LogP contribution in [0.1, 0.15) is 12.0 Å². The van der Waals surface area contributed by atoms with E-state index in [4.69, 9.17) is 0 Å². The van der Waals surface area contributed by atoms with E-state index < -0.39 is 0 Å². The predicted molar refractivity (Wildman–Crippen MR) is 118 cm³/mol. The number of benzene rings is 3. The van der Waals surface area contributed by atoms with Crippen LogP contribution in [0.2, 0.25) is 0 Å². The van der Waals surface area contributed by atoms with Gasteiger partial charge in [-0.05, 0) is 29.8 Å². The number of carbonyl (C=O) groups is 2. The van der Waals surface area contributed by atoms with Gasteiger partial charge >= 0.3 is 0 Å². The molecule has 0 fully saturated rings. The van der Waals surface area contributed by atoms with Crippen LogP contribution in [0.3, 0.4) is 0 Å². The predicted octanol–water partition coefficient (Wildman–Crippen LogP) is 4.75. The molecule has 0 unspecified atom stereocenters. The third-order valence-corrected chi connectivity index (χ3v) is 5.96. The van der Waals surface area contributed by atoms with Gasteiger partial charge in [0.2, 0.25) is 11.8 Å². The number of rotatable bonds is 6. The van der Waals surface area contributed by atoms with E-state index in [1.54, 1.807) is 21.6 Å². The van der Waals surface area contributed by atoms with Crippen LogP contribution in [0.25, 0.3) is 0 Å². The zero-order valence-electron chi connectivity index (χ0n) is 16.0. The van der Waals surface area contributed by atoms with E-state index >= 15 is 0 Å². The molecular formula is C24H22N2O2S. The molecule has 1 aliphatic heterocycles. The molecular weight excluding hydrogens is 380 g/mol. The lowest BCUT2D eigenvalue weighted by molar-refractivity contribution is -0.118. The maximum absolute atomic E-state index is 13.2. The summed E-state index contributed by atoms with van der Waals surface area (Å²) in [5, 5.41) is 0. The highest BCUT2D eigenvalue weighted by Gasteiger charge is 2.26. The maximum Gasteiger partial charge on any atom is 0.237 e. The number of hydrogen-bond acceptors (Lipinski definition) is 3. The van der Waals surface area contributed by atoms with Gasteiger partial charge in [0.05, 0.1) is 18.0 Å². The SMILES string of the molecule is O=C(CCN1C(=O)CSc2ccccc21)N(Cc1ccccc1)c1ccccc1. The minimum Gasteiger partial charge on any atom is -0.310 e. The minimum atomic E-state index is 0.00330. The van der Waals surface area contributed by atoms with E-state index in [0.717, 1.165) is 21.8 Å². The van der Waals surface area contributed by atoms with Crippen molar-refractivity contribution in [2.75, 3.05) is 22.1 Å². The van der Waals surface area contributed by atoms with E-state index in [9.17, 15) is 9.59 Å². The smallest absolute Gasteiger partial charge is 0.237 e. The van der Waals surface area contributed by atoms with Crippen LogP contribution in [0.5, 0.6) is 0 Å². The molecule has 1 aliphatic rings. The monoisotopic (exact) mass is 402 g/mol. The highest BCUT2D eigenvalue weighted by Crippen LogP contribution is 2.35. The van der Waals surface area contributed by atoms with Gasteiger partial charge in [0.15, 0.2) is 0 Å². The molecule has 0 radical (unpaired) electrons. The second kappa shape index (κ2) is 8.97. The molecule has 4 rings (SSSR count). The van der Waals surface area contributed by atoms with Crippen LogP contribution >= 0.6 is 11.8 Å². The average molecular weight is 403 g/mol. The summed E-state index contributed by atoms with van der Waals surface area (Å²) in [5.41, 5.74) is 2.83. The molecule has 146 valence electrons. The summed E-state index contributed by atoms with van der Waals surface area (Å²) < 4.78 is 0. The average Bonchev–Trinajstić information content (AvgIpc) is 2.78. The number of amides is 2. The first-order valence-corrected chi connectivity index (χ1v) is 10.6. The van der Waals surface area contributed by atoms with Crippen molar-refractivity contribution in [1.82, 2.24) is 0 Å². The largest absolute Gasteiger partial charge is 0.310 e. The Kier molecular flexibility index (Phi) is 5.96. The number of para-hydroxylation sites is 2. The van der Waals surface area contributed by atoms with Gasteiger partial charge in [-0.3, -0.25) is 9.59 Å². The van der Waals surface area contributed by atoms with Gasteiger partial charge in [0.1, 0.15) is 0 Å². The number of carbonyl (C=O) groups excluding carboxylic acids is 2. The third kappa shape index (κ3) is 4.51. The first kappa shape index (κ1) is 19.3. The number of nitrogens with zero attached hydrogens (tertiary/aromatic N) is 2. The van der Waals surface area contributed by atoms with Crippen LogP contribution in [-0.4, -0.2) is 24.1 Å². The van der Waals surface area contributed by atoms with E-state index in [0.29, 0.717) is 18.8 Å². The standard InChI is InChI=1S/C24H22N2O2S/c27-23(15-16-25-21-13-7-8-14-22(21)29-18-24(25)28)26(20-11-5-2-6-12-20)17-19-9-3-1-4-10-19/h1-14H,15-18H2. The van der Waals surface area contributed by atoms with Crippen LogP contribution in [0.4, 0.5) is 11.4 Å². The van der Waals surface area contributed by atoms with Crippen molar-refractivity contribution in [3.05, 3.63) is 90.5 Å². The molecule has 0 aromatic heterocycles. The first-order valence-electron chi connectivity index (χ1n) is 9.64. The van der Waals surface area contributed by atoms with Crippen LogP contribution in [-0.2, 0) is 16.1 Å². The minimum absolute atomic E-state index is 0.00330. The van der Waals surface area contributed by atoms with Crippen molar-refractivity contribution < 1.29 is 9.59 Å². The third-order valence-electron chi connectivity index (χ3n) is 4.91. The molecule has 4 nitrogen and oxygen atoms in total. The Morgan fingerprint density at radius 2 is 1.55 bits per heavy atom. The quantitative estimate of drug-likeness (QED) is 0.597. The Balaban J connectivity index is 1.52. The lowest BCUT2D eigenvalue weighted by atomic mass is 10.1. The molecule has 0 saturated heterocycles. The van der Waals surface area contributed by atoms with E-state index in [1.165, 1.54) is 0 Å². The lowest BCUT2D eigenvalue weighted by Crippen LogP contribution is -2.39. The summed E-state index contributed by atoms with van der Waals surface area (Å²) in [4.78, 5) is 30.3. The Labute approximate surface area is 175 Å². The van der Waals surface area contributed by atoms with Crippen LogP contribution < -0.4 is 9.80 Å². The summed E-state index contributed by atoms with van der Waals surface area (Å²) in [6.07, 6.45) is 0.270. The van der Waals surface area contributed by atoms with E-state index in [1.807, 2.05) is 84.9 Å². The zero-order chi connectivity index (χ0) is 20.1. The zero-order valence-corrected chi connectivity index (χ0v) is 16.8. The topological polar surface area (TPSA) is 40.6 Å². The van der Waals surface area contributed by atoms with Crippen molar-refractivity contribution in [3.63, 3.8) is 0 Å². The molecule has 0 N–H and O–H groups in total. The van der Waals surface area contributed by atoms with Gasteiger partial charge in [-0.2, -0.15) is 0 Å². The number of thioether (sulfide) groups is 1. The van der Waals surface area contributed by atoms with Gasteiger partial charge < -0.3 is 9.80 Å². The molecule has 1 heterocycles. The molecule has 0 saturated carbocycles. The molecule has 0 atom stereocenters. The molecule has 0 bridgehead atoms. The highest BCUT2D eigenvalue weighted by molar-refractivity contribution is 8.00. The van der Waals surface area contributed by atoms with E-state index in [2.05, 4.69) is 0 Å². The maximum atomic E-state index is 13.2. The molecule has 5 heteroatoms. The number of hydrogen-bond donors (Lipinski definition) is 0. The fraction of sp³-hybridized carbons (Fsp3) is 0.167. The molecule has 3 aromatic carbocycles. The van der Waals surface area contributed by atoms with Crippen molar-refractivity contribution in [2.45, 2.75) is 17.9 Å². The van der Waals surface area contributed by atoms with Crippen molar-refractivity contribution in [3.8, 4) is 0 Å². The van der Waals surface area contributed by atoms with Gasteiger partial charge in [-0.25, -0.2) is 0 Å².